The zero-order valence-electron chi connectivity index (χ0n) is 13.7. The van der Waals surface area contributed by atoms with E-state index in [0.717, 1.165) is 30.0 Å². The van der Waals surface area contributed by atoms with Crippen LogP contribution in [-0.4, -0.2) is 37.8 Å². The number of nitrogens with one attached hydrogen (secondary N) is 1. The van der Waals surface area contributed by atoms with E-state index in [-0.39, 0.29) is 23.4 Å². The Bertz CT molecular complexity index is 767. The highest BCUT2D eigenvalue weighted by molar-refractivity contribution is 7.11. The summed E-state index contributed by atoms with van der Waals surface area (Å²) in [5.41, 5.74) is 1.07. The average Bonchev–Trinajstić information content (AvgIpc) is 3.11. The number of aromatic nitrogens is 3. The normalized spacial score (nSPS) is 18.0. The predicted molar refractivity (Wildman–Crippen MR) is 89.3 cm³/mol. The van der Waals surface area contributed by atoms with Crippen LogP contribution in [0.3, 0.4) is 0 Å². The van der Waals surface area contributed by atoms with Crippen molar-refractivity contribution in [2.45, 2.75) is 51.6 Å². The molecule has 8 heteroatoms. The third kappa shape index (κ3) is 3.48. The van der Waals surface area contributed by atoms with Gasteiger partial charge in [0.1, 0.15) is 0 Å². The van der Waals surface area contributed by atoms with Crippen molar-refractivity contribution in [3.8, 4) is 0 Å². The molecule has 0 aromatic carbocycles. The Kier molecular flexibility index (Phi) is 4.66. The first-order chi connectivity index (χ1) is 11.4. The SMILES string of the molecule is Cc1nc2c(s1)CCCC2C(=O)NC(C)Cn1cc(C(=O)O)cn1. The van der Waals surface area contributed by atoms with Gasteiger partial charge in [0.25, 0.3) is 0 Å². The van der Waals surface area contributed by atoms with Crippen molar-refractivity contribution in [3.05, 3.63) is 33.5 Å². The molecule has 2 aromatic rings. The van der Waals surface area contributed by atoms with Crippen LogP contribution in [-0.2, 0) is 17.8 Å². The second-order valence-electron chi connectivity index (χ2n) is 6.15. The van der Waals surface area contributed by atoms with E-state index in [4.69, 9.17) is 5.11 Å². The van der Waals surface area contributed by atoms with E-state index in [1.807, 2.05) is 13.8 Å². The van der Waals surface area contributed by atoms with Crippen LogP contribution in [0.1, 0.15) is 51.6 Å². The van der Waals surface area contributed by atoms with Gasteiger partial charge in [-0.05, 0) is 33.1 Å². The van der Waals surface area contributed by atoms with Gasteiger partial charge in [-0.25, -0.2) is 9.78 Å². The van der Waals surface area contributed by atoms with Crippen molar-refractivity contribution in [1.82, 2.24) is 20.1 Å². The number of carbonyl (C=O) groups is 2. The minimum Gasteiger partial charge on any atom is -0.478 e. The Hall–Kier alpha value is -2.22. The minimum atomic E-state index is -1.01. The highest BCUT2D eigenvalue weighted by atomic mass is 32.1. The van der Waals surface area contributed by atoms with E-state index >= 15 is 0 Å². The second-order valence-corrected chi connectivity index (χ2v) is 7.44. The van der Waals surface area contributed by atoms with Gasteiger partial charge in [-0.3, -0.25) is 9.48 Å². The smallest absolute Gasteiger partial charge is 0.338 e. The Labute approximate surface area is 143 Å². The fraction of sp³-hybridized carbons (Fsp3) is 0.500. The Balaban J connectivity index is 1.63. The van der Waals surface area contributed by atoms with E-state index < -0.39 is 5.97 Å². The predicted octanol–water partition coefficient (Wildman–Crippen LogP) is 1.97. The van der Waals surface area contributed by atoms with Crippen LogP contribution in [0.25, 0.3) is 0 Å². The van der Waals surface area contributed by atoms with E-state index in [2.05, 4.69) is 15.4 Å². The van der Waals surface area contributed by atoms with Crippen LogP contribution < -0.4 is 5.32 Å². The molecule has 1 aliphatic rings. The van der Waals surface area contributed by atoms with Crippen LogP contribution in [0.4, 0.5) is 0 Å². The number of carboxylic acid groups (broad SMARTS) is 1. The molecular weight excluding hydrogens is 328 g/mol. The number of carboxylic acids is 1. The maximum absolute atomic E-state index is 12.6. The van der Waals surface area contributed by atoms with Crippen molar-refractivity contribution < 1.29 is 14.7 Å². The van der Waals surface area contributed by atoms with Gasteiger partial charge in [-0.1, -0.05) is 0 Å². The van der Waals surface area contributed by atoms with Crippen LogP contribution in [0.5, 0.6) is 0 Å². The van der Waals surface area contributed by atoms with E-state index in [9.17, 15) is 9.59 Å². The summed E-state index contributed by atoms with van der Waals surface area (Å²) in [6, 6.07) is -0.149. The van der Waals surface area contributed by atoms with Crippen LogP contribution in [0, 0.1) is 6.92 Å². The lowest BCUT2D eigenvalue weighted by Crippen LogP contribution is -2.39. The van der Waals surface area contributed by atoms with Gasteiger partial charge in [0.2, 0.25) is 5.91 Å². The summed E-state index contributed by atoms with van der Waals surface area (Å²) in [5.74, 6) is -1.21. The third-order valence-electron chi connectivity index (χ3n) is 4.11. The summed E-state index contributed by atoms with van der Waals surface area (Å²) in [4.78, 5) is 29.3. The molecule has 0 saturated carbocycles. The monoisotopic (exact) mass is 348 g/mol. The third-order valence-corrected chi connectivity index (χ3v) is 5.15. The average molecular weight is 348 g/mol. The molecule has 1 amide bonds. The Morgan fingerprint density at radius 1 is 1.54 bits per heavy atom. The number of fused-ring (bicyclic) bond motifs is 1. The molecule has 2 aromatic heterocycles. The van der Waals surface area contributed by atoms with E-state index in [1.165, 1.54) is 22.0 Å². The lowest BCUT2D eigenvalue weighted by molar-refractivity contribution is -0.123. The summed E-state index contributed by atoms with van der Waals surface area (Å²) in [6.07, 6.45) is 5.60. The molecule has 0 radical (unpaired) electrons. The second kappa shape index (κ2) is 6.72. The number of thiazole rings is 1. The number of hydrogen-bond acceptors (Lipinski definition) is 5. The maximum atomic E-state index is 12.6. The first-order valence-corrected chi connectivity index (χ1v) is 8.78. The lowest BCUT2D eigenvalue weighted by atomic mass is 9.90. The highest BCUT2D eigenvalue weighted by Gasteiger charge is 2.30. The summed E-state index contributed by atoms with van der Waals surface area (Å²) in [7, 11) is 0. The van der Waals surface area contributed by atoms with Gasteiger partial charge in [0, 0.05) is 17.1 Å². The highest BCUT2D eigenvalue weighted by Crippen LogP contribution is 2.34. The zero-order chi connectivity index (χ0) is 17.3. The fourth-order valence-electron chi connectivity index (χ4n) is 3.04. The van der Waals surface area contributed by atoms with Gasteiger partial charge >= 0.3 is 5.97 Å². The molecule has 0 spiro atoms. The van der Waals surface area contributed by atoms with E-state index in [1.54, 1.807) is 11.3 Å². The summed E-state index contributed by atoms with van der Waals surface area (Å²) in [5, 5.41) is 16.9. The topological polar surface area (TPSA) is 97.1 Å². The van der Waals surface area contributed by atoms with Gasteiger partial charge in [-0.2, -0.15) is 5.10 Å². The molecular formula is C16H20N4O3S. The number of hydrogen-bond donors (Lipinski definition) is 2. The number of amides is 1. The number of nitrogens with zero attached hydrogens (tertiary/aromatic N) is 3. The van der Waals surface area contributed by atoms with Crippen molar-refractivity contribution in [1.29, 1.82) is 0 Å². The molecule has 0 aliphatic heterocycles. The van der Waals surface area contributed by atoms with Gasteiger partial charge in [-0.15, -0.1) is 11.3 Å². The zero-order valence-corrected chi connectivity index (χ0v) is 14.5. The Morgan fingerprint density at radius 2 is 2.33 bits per heavy atom. The molecule has 2 atom stereocenters. The van der Waals surface area contributed by atoms with Crippen LogP contribution >= 0.6 is 11.3 Å². The van der Waals surface area contributed by atoms with Crippen LogP contribution in [0.2, 0.25) is 0 Å². The molecule has 7 nitrogen and oxygen atoms in total. The van der Waals surface area contributed by atoms with Crippen molar-refractivity contribution in [2.75, 3.05) is 0 Å². The van der Waals surface area contributed by atoms with Crippen LogP contribution in [0.15, 0.2) is 12.4 Å². The van der Waals surface area contributed by atoms with Gasteiger partial charge in [0.15, 0.2) is 0 Å². The number of aromatic carboxylic acids is 1. The molecule has 0 saturated heterocycles. The molecule has 128 valence electrons. The lowest BCUT2D eigenvalue weighted by Gasteiger charge is -2.23. The van der Waals surface area contributed by atoms with Crippen molar-refractivity contribution in [2.24, 2.45) is 0 Å². The standard InChI is InChI=1S/C16H20N4O3S/c1-9(7-20-8-11(6-17-20)16(22)23)18-15(21)12-4-3-5-13-14(12)19-10(2)24-13/h6,8-9,12H,3-5,7H2,1-2H3,(H,18,21)(H,22,23). The van der Waals surface area contributed by atoms with Crippen molar-refractivity contribution >= 4 is 23.2 Å². The first-order valence-electron chi connectivity index (χ1n) is 7.96. The molecule has 0 bridgehead atoms. The summed E-state index contributed by atoms with van der Waals surface area (Å²) >= 11 is 1.68. The maximum Gasteiger partial charge on any atom is 0.338 e. The number of aryl methyl sites for hydroxylation is 2. The van der Waals surface area contributed by atoms with Gasteiger partial charge < -0.3 is 10.4 Å². The Morgan fingerprint density at radius 3 is 3.04 bits per heavy atom. The fourth-order valence-corrected chi connectivity index (χ4v) is 4.08. The first kappa shape index (κ1) is 16.6. The molecule has 3 rings (SSSR count). The number of carbonyl (C=O) groups excluding carboxylic acids is 1. The van der Waals surface area contributed by atoms with Gasteiger partial charge in [0.05, 0.1) is 34.9 Å². The summed E-state index contributed by atoms with van der Waals surface area (Å²) < 4.78 is 1.54. The molecule has 2 N–H and O–H groups in total. The molecule has 1 aliphatic carbocycles. The molecule has 24 heavy (non-hydrogen) atoms. The molecule has 2 unspecified atom stereocenters. The molecule has 2 heterocycles. The minimum absolute atomic E-state index is 0.0145. The van der Waals surface area contributed by atoms with E-state index in [0.29, 0.717) is 6.54 Å². The largest absolute Gasteiger partial charge is 0.478 e. The quantitative estimate of drug-likeness (QED) is 0.861. The number of rotatable bonds is 5. The summed E-state index contributed by atoms with van der Waals surface area (Å²) in [6.45, 7) is 4.28. The molecule has 0 fully saturated rings. The van der Waals surface area contributed by atoms with Crippen molar-refractivity contribution in [3.63, 3.8) is 0 Å².